The molecular weight excluding hydrogens is 384 g/mol. The second-order valence-electron chi connectivity index (χ2n) is 6.52. The van der Waals surface area contributed by atoms with Gasteiger partial charge in [0, 0.05) is 19.4 Å². The maximum absolute atomic E-state index is 12.2. The third-order valence-electron chi connectivity index (χ3n) is 4.03. The second-order valence-corrected chi connectivity index (χ2v) is 6.52. The number of aromatic nitrogens is 2. The second kappa shape index (κ2) is 10.0. The Morgan fingerprint density at radius 2 is 1.70 bits per heavy atom. The van der Waals surface area contributed by atoms with Gasteiger partial charge in [0.05, 0.1) is 5.69 Å². The molecule has 3 aromatic rings. The van der Waals surface area contributed by atoms with Crippen molar-refractivity contribution in [3.05, 3.63) is 72.6 Å². The molecule has 0 aliphatic carbocycles. The van der Waals surface area contributed by atoms with Crippen LogP contribution in [0.2, 0.25) is 0 Å². The lowest BCUT2D eigenvalue weighted by Crippen LogP contribution is -2.30. The topological polar surface area (TPSA) is 93.6 Å². The Hall–Kier alpha value is -3.94. The van der Waals surface area contributed by atoms with Gasteiger partial charge in [-0.25, -0.2) is 9.97 Å². The molecule has 0 saturated carbocycles. The smallest absolute Gasteiger partial charge is 0.326 e. The molecule has 8 heteroatoms. The summed E-state index contributed by atoms with van der Waals surface area (Å²) in [6, 6.07) is 16.3. The Kier molecular flexibility index (Phi) is 6.94. The summed E-state index contributed by atoms with van der Waals surface area (Å²) in [5.74, 6) is 0.495. The SMILES string of the molecule is Cc1ccc(Oc2ccccc2NC(=O)COC(=O)CN(C)c2ncccn2)cc1. The number of aryl methyl sites for hydroxylation is 1. The van der Waals surface area contributed by atoms with Crippen molar-refractivity contribution in [3.63, 3.8) is 0 Å². The minimum atomic E-state index is -0.565. The predicted molar refractivity (Wildman–Crippen MR) is 113 cm³/mol. The van der Waals surface area contributed by atoms with E-state index < -0.39 is 18.5 Å². The largest absolute Gasteiger partial charge is 0.455 e. The highest BCUT2D eigenvalue weighted by atomic mass is 16.5. The summed E-state index contributed by atoms with van der Waals surface area (Å²) in [6.07, 6.45) is 3.15. The van der Waals surface area contributed by atoms with Gasteiger partial charge in [0.15, 0.2) is 12.4 Å². The first-order chi connectivity index (χ1) is 14.5. The van der Waals surface area contributed by atoms with Crippen molar-refractivity contribution in [2.24, 2.45) is 0 Å². The maximum Gasteiger partial charge on any atom is 0.326 e. The Bertz CT molecular complexity index is 994. The molecule has 1 amide bonds. The Morgan fingerprint density at radius 3 is 2.43 bits per heavy atom. The molecule has 8 nitrogen and oxygen atoms in total. The molecule has 3 rings (SSSR count). The number of nitrogens with one attached hydrogen (secondary N) is 1. The van der Waals surface area contributed by atoms with Crippen LogP contribution in [0.1, 0.15) is 5.56 Å². The Morgan fingerprint density at radius 1 is 1.00 bits per heavy atom. The van der Waals surface area contributed by atoms with E-state index in [2.05, 4.69) is 15.3 Å². The van der Waals surface area contributed by atoms with Crippen LogP contribution in [0.4, 0.5) is 11.6 Å². The lowest BCUT2D eigenvalue weighted by atomic mass is 10.2. The number of hydrogen-bond acceptors (Lipinski definition) is 7. The van der Waals surface area contributed by atoms with Crippen molar-refractivity contribution in [2.45, 2.75) is 6.92 Å². The van der Waals surface area contributed by atoms with Crippen LogP contribution in [-0.4, -0.2) is 42.0 Å². The molecular formula is C22H22N4O4. The summed E-state index contributed by atoms with van der Waals surface area (Å²) >= 11 is 0. The normalized spacial score (nSPS) is 10.2. The number of esters is 1. The van der Waals surface area contributed by atoms with Gasteiger partial charge < -0.3 is 19.7 Å². The molecule has 1 N–H and O–H groups in total. The molecule has 0 saturated heterocycles. The number of para-hydroxylation sites is 2. The van der Waals surface area contributed by atoms with Crippen LogP contribution in [0.25, 0.3) is 0 Å². The molecule has 0 bridgehead atoms. The lowest BCUT2D eigenvalue weighted by molar-refractivity contribution is -0.145. The number of ether oxygens (including phenoxy) is 2. The van der Waals surface area contributed by atoms with Gasteiger partial charge in [-0.2, -0.15) is 0 Å². The highest BCUT2D eigenvalue weighted by Crippen LogP contribution is 2.29. The van der Waals surface area contributed by atoms with E-state index in [1.165, 1.54) is 4.90 Å². The molecule has 0 aliphatic heterocycles. The zero-order valence-corrected chi connectivity index (χ0v) is 16.7. The molecule has 0 radical (unpaired) electrons. The van der Waals surface area contributed by atoms with Gasteiger partial charge in [-0.3, -0.25) is 9.59 Å². The predicted octanol–water partition coefficient (Wildman–Crippen LogP) is 3.20. The average molecular weight is 406 g/mol. The van der Waals surface area contributed by atoms with E-state index in [0.717, 1.165) is 5.56 Å². The minimum absolute atomic E-state index is 0.0790. The van der Waals surface area contributed by atoms with Gasteiger partial charge >= 0.3 is 5.97 Å². The number of anilines is 2. The molecule has 2 aromatic carbocycles. The van der Waals surface area contributed by atoms with E-state index in [0.29, 0.717) is 23.1 Å². The van der Waals surface area contributed by atoms with Crippen LogP contribution < -0.4 is 15.0 Å². The molecule has 1 aromatic heterocycles. The molecule has 0 aliphatic rings. The first-order valence-corrected chi connectivity index (χ1v) is 9.28. The highest BCUT2D eigenvalue weighted by Gasteiger charge is 2.14. The number of likely N-dealkylation sites (N-methyl/N-ethyl adjacent to an activating group) is 1. The number of carbonyl (C=O) groups is 2. The van der Waals surface area contributed by atoms with Crippen LogP contribution in [0.5, 0.6) is 11.5 Å². The fourth-order valence-electron chi connectivity index (χ4n) is 2.52. The zero-order valence-electron chi connectivity index (χ0n) is 16.7. The number of benzene rings is 2. The number of carbonyl (C=O) groups excluding carboxylic acids is 2. The number of nitrogens with zero attached hydrogens (tertiary/aromatic N) is 3. The summed E-state index contributed by atoms with van der Waals surface area (Å²) in [5.41, 5.74) is 1.60. The van der Waals surface area contributed by atoms with E-state index in [9.17, 15) is 9.59 Å². The Balaban J connectivity index is 1.52. The van der Waals surface area contributed by atoms with Gasteiger partial charge in [0.2, 0.25) is 5.95 Å². The summed E-state index contributed by atoms with van der Waals surface area (Å²) < 4.78 is 10.9. The fraction of sp³-hybridized carbons (Fsp3) is 0.182. The van der Waals surface area contributed by atoms with Crippen molar-refractivity contribution < 1.29 is 19.1 Å². The van der Waals surface area contributed by atoms with Crippen molar-refractivity contribution in [2.75, 3.05) is 30.4 Å². The molecule has 0 spiro atoms. The average Bonchev–Trinajstić information content (AvgIpc) is 2.76. The molecule has 154 valence electrons. The lowest BCUT2D eigenvalue weighted by Gasteiger charge is -2.15. The third-order valence-corrected chi connectivity index (χ3v) is 4.03. The van der Waals surface area contributed by atoms with Crippen LogP contribution in [0.15, 0.2) is 67.0 Å². The first-order valence-electron chi connectivity index (χ1n) is 9.28. The van der Waals surface area contributed by atoms with Crippen LogP contribution in [-0.2, 0) is 14.3 Å². The van der Waals surface area contributed by atoms with Crippen molar-refractivity contribution >= 4 is 23.5 Å². The molecule has 0 unspecified atom stereocenters. The summed E-state index contributed by atoms with van der Waals surface area (Å²) in [5, 5.41) is 2.70. The van der Waals surface area contributed by atoms with Crippen LogP contribution in [0.3, 0.4) is 0 Å². The minimum Gasteiger partial charge on any atom is -0.455 e. The monoisotopic (exact) mass is 406 g/mol. The quantitative estimate of drug-likeness (QED) is 0.574. The number of rotatable bonds is 8. The number of amides is 1. The highest BCUT2D eigenvalue weighted by molar-refractivity contribution is 5.94. The van der Waals surface area contributed by atoms with Crippen LogP contribution >= 0.6 is 0 Å². The standard InChI is InChI=1S/C22H22N4O4/c1-16-8-10-17(11-9-16)30-19-7-4-3-6-18(19)25-20(27)15-29-21(28)14-26(2)22-23-12-5-13-24-22/h3-13H,14-15H2,1-2H3,(H,25,27). The summed E-state index contributed by atoms with van der Waals surface area (Å²) in [7, 11) is 1.66. The fourth-order valence-corrected chi connectivity index (χ4v) is 2.52. The van der Waals surface area contributed by atoms with E-state index in [1.807, 2.05) is 31.2 Å². The third kappa shape index (κ3) is 6.03. The summed E-state index contributed by atoms with van der Waals surface area (Å²) in [6.45, 7) is 1.50. The number of hydrogen-bond donors (Lipinski definition) is 1. The van der Waals surface area contributed by atoms with Gasteiger partial charge in [-0.05, 0) is 37.3 Å². The van der Waals surface area contributed by atoms with E-state index in [-0.39, 0.29) is 6.54 Å². The van der Waals surface area contributed by atoms with Crippen molar-refractivity contribution in [1.29, 1.82) is 0 Å². The first kappa shape index (κ1) is 20.8. The van der Waals surface area contributed by atoms with Crippen molar-refractivity contribution in [3.8, 4) is 11.5 Å². The molecule has 1 heterocycles. The van der Waals surface area contributed by atoms with E-state index in [4.69, 9.17) is 9.47 Å². The van der Waals surface area contributed by atoms with Crippen LogP contribution in [0, 0.1) is 6.92 Å². The van der Waals surface area contributed by atoms with E-state index in [1.54, 1.807) is 49.8 Å². The van der Waals surface area contributed by atoms with Gasteiger partial charge in [-0.15, -0.1) is 0 Å². The van der Waals surface area contributed by atoms with Gasteiger partial charge in [0.25, 0.3) is 5.91 Å². The summed E-state index contributed by atoms with van der Waals surface area (Å²) in [4.78, 5) is 33.9. The zero-order chi connectivity index (χ0) is 21.3. The van der Waals surface area contributed by atoms with Gasteiger partial charge in [0.1, 0.15) is 12.3 Å². The Labute approximate surface area is 174 Å². The molecule has 30 heavy (non-hydrogen) atoms. The molecule has 0 atom stereocenters. The van der Waals surface area contributed by atoms with Crippen molar-refractivity contribution in [1.82, 2.24) is 9.97 Å². The van der Waals surface area contributed by atoms with Gasteiger partial charge in [-0.1, -0.05) is 29.8 Å². The maximum atomic E-state index is 12.2. The van der Waals surface area contributed by atoms with E-state index >= 15 is 0 Å². The molecule has 0 fully saturated rings.